The Morgan fingerprint density at radius 3 is 2.50 bits per heavy atom. The first-order chi connectivity index (χ1) is 7.58. The molecule has 0 N–H and O–H groups in total. The first-order valence-electron chi connectivity index (χ1n) is 6.06. The van der Waals surface area contributed by atoms with Crippen LogP contribution in [-0.2, 0) is 0 Å². The van der Waals surface area contributed by atoms with Gasteiger partial charge in [-0.1, -0.05) is 0 Å². The van der Waals surface area contributed by atoms with E-state index in [-0.39, 0.29) is 0 Å². The third-order valence-corrected chi connectivity index (χ3v) is 10.9. The summed E-state index contributed by atoms with van der Waals surface area (Å²) in [5.41, 5.74) is 0. The van der Waals surface area contributed by atoms with Gasteiger partial charge >= 0.3 is 101 Å². The SMILES string of the molecule is CP1(C)(c2csc3ccccc23)CCCC1. The van der Waals surface area contributed by atoms with Gasteiger partial charge in [-0.05, 0) is 0 Å². The Kier molecular flexibility index (Phi) is 2.22. The molecule has 2 heteroatoms. The molecule has 0 unspecified atom stereocenters. The summed E-state index contributed by atoms with van der Waals surface area (Å²) in [6.45, 7) is 3.64. The maximum atomic E-state index is 2.59. The molecule has 0 aliphatic carbocycles. The molecule has 86 valence electrons. The predicted molar refractivity (Wildman–Crippen MR) is 79.2 cm³/mol. The zero-order valence-corrected chi connectivity index (χ0v) is 11.8. The molecule has 1 aromatic heterocycles. The summed E-state index contributed by atoms with van der Waals surface area (Å²) >= 11 is 1.93. The molecule has 1 saturated heterocycles. The maximum absolute atomic E-state index is 2.59. The third-order valence-electron chi connectivity index (χ3n) is 4.28. The second-order valence-corrected chi connectivity index (χ2v) is 13.7. The van der Waals surface area contributed by atoms with Crippen LogP contribution >= 0.6 is 17.9 Å². The summed E-state index contributed by atoms with van der Waals surface area (Å²) in [6.07, 6.45) is 5.81. The van der Waals surface area contributed by atoms with Gasteiger partial charge < -0.3 is 0 Å². The van der Waals surface area contributed by atoms with Crippen molar-refractivity contribution in [1.82, 2.24) is 0 Å². The van der Waals surface area contributed by atoms with Crippen LogP contribution in [0.4, 0.5) is 0 Å². The molecule has 0 bridgehead atoms. The Bertz CT molecular complexity index is 528. The van der Waals surface area contributed by atoms with Crippen LogP contribution in [0.15, 0.2) is 29.6 Å². The van der Waals surface area contributed by atoms with Crippen molar-refractivity contribution in [3.63, 3.8) is 0 Å². The van der Waals surface area contributed by atoms with Crippen LogP contribution in [0.25, 0.3) is 10.1 Å². The number of thiophene rings is 1. The van der Waals surface area contributed by atoms with E-state index in [4.69, 9.17) is 0 Å². The van der Waals surface area contributed by atoms with E-state index in [1.807, 2.05) is 11.3 Å². The van der Waals surface area contributed by atoms with Crippen molar-refractivity contribution in [2.45, 2.75) is 12.8 Å². The normalized spacial score (nSPS) is 25.2. The van der Waals surface area contributed by atoms with Gasteiger partial charge in [-0.25, -0.2) is 0 Å². The van der Waals surface area contributed by atoms with Crippen molar-refractivity contribution in [3.8, 4) is 0 Å². The van der Waals surface area contributed by atoms with Crippen molar-refractivity contribution in [2.24, 2.45) is 0 Å². The molecule has 3 rings (SSSR count). The first-order valence-corrected chi connectivity index (χ1v) is 10.4. The van der Waals surface area contributed by atoms with E-state index in [9.17, 15) is 0 Å². The molecule has 0 atom stereocenters. The number of rotatable bonds is 1. The molecule has 0 amide bonds. The van der Waals surface area contributed by atoms with E-state index in [1.165, 1.54) is 35.3 Å². The van der Waals surface area contributed by atoms with E-state index in [1.54, 1.807) is 5.30 Å². The van der Waals surface area contributed by atoms with E-state index >= 15 is 0 Å². The Balaban J connectivity index is 2.26. The van der Waals surface area contributed by atoms with Crippen LogP contribution in [0, 0.1) is 0 Å². The molecule has 1 aromatic carbocycles. The van der Waals surface area contributed by atoms with Crippen LogP contribution in [0.1, 0.15) is 12.8 Å². The van der Waals surface area contributed by atoms with Gasteiger partial charge in [0.25, 0.3) is 0 Å². The Morgan fingerprint density at radius 1 is 1.06 bits per heavy atom. The second kappa shape index (κ2) is 3.31. The molecule has 0 radical (unpaired) electrons. The molecule has 0 saturated carbocycles. The number of benzene rings is 1. The first kappa shape index (κ1) is 10.7. The zero-order chi connectivity index (χ0) is 11.3. The minimum atomic E-state index is -1.54. The fraction of sp³-hybridized carbons (Fsp3) is 0.429. The quantitative estimate of drug-likeness (QED) is 0.667. The van der Waals surface area contributed by atoms with Crippen LogP contribution in [0.5, 0.6) is 0 Å². The standard InChI is InChI=1S/C14H19PS/c1-15(2,9-5-6-10-15)13-11-16-14-8-4-3-7-12(13)14/h3-4,7-8,11H,5-6,9-10H2,1-2H3. The van der Waals surface area contributed by atoms with E-state index in [0.29, 0.717) is 0 Å². The van der Waals surface area contributed by atoms with Crippen LogP contribution in [-0.4, -0.2) is 25.7 Å². The van der Waals surface area contributed by atoms with Gasteiger partial charge in [-0.2, -0.15) is 0 Å². The Hall–Kier alpha value is -0.390. The van der Waals surface area contributed by atoms with Gasteiger partial charge in [0.1, 0.15) is 0 Å². The average Bonchev–Trinajstić information content (AvgIpc) is 2.83. The summed E-state index contributed by atoms with van der Waals surface area (Å²) in [4.78, 5) is 0. The topological polar surface area (TPSA) is 0 Å². The second-order valence-electron chi connectivity index (χ2n) is 5.97. The number of hydrogen-bond acceptors (Lipinski definition) is 1. The Morgan fingerprint density at radius 2 is 1.75 bits per heavy atom. The fourth-order valence-electron chi connectivity index (χ4n) is 3.15. The van der Waals surface area contributed by atoms with Gasteiger partial charge in [0.05, 0.1) is 0 Å². The van der Waals surface area contributed by atoms with Gasteiger partial charge in [0.15, 0.2) is 0 Å². The van der Waals surface area contributed by atoms with E-state index in [0.717, 1.165) is 0 Å². The van der Waals surface area contributed by atoms with Crippen molar-refractivity contribution in [2.75, 3.05) is 25.7 Å². The van der Waals surface area contributed by atoms with Crippen molar-refractivity contribution in [1.29, 1.82) is 0 Å². The van der Waals surface area contributed by atoms with Gasteiger partial charge in [0, 0.05) is 0 Å². The summed E-state index contributed by atoms with van der Waals surface area (Å²) in [5, 5.41) is 5.70. The summed E-state index contributed by atoms with van der Waals surface area (Å²) < 4.78 is 1.47. The molecule has 2 aromatic rings. The average molecular weight is 250 g/mol. The van der Waals surface area contributed by atoms with Crippen molar-refractivity contribution >= 4 is 33.3 Å². The fourth-order valence-corrected chi connectivity index (χ4v) is 9.84. The summed E-state index contributed by atoms with van der Waals surface area (Å²) in [7, 11) is 0. The molecule has 0 nitrogen and oxygen atoms in total. The molecule has 1 aliphatic heterocycles. The van der Waals surface area contributed by atoms with Crippen molar-refractivity contribution in [3.05, 3.63) is 29.6 Å². The van der Waals surface area contributed by atoms with E-state index < -0.39 is 6.60 Å². The zero-order valence-electron chi connectivity index (χ0n) is 10.1. The predicted octanol–water partition coefficient (Wildman–Crippen LogP) is 4.13. The van der Waals surface area contributed by atoms with Gasteiger partial charge in [-0.3, -0.25) is 0 Å². The monoisotopic (exact) mass is 250 g/mol. The minimum absolute atomic E-state index is 1.44. The number of fused-ring (bicyclic) bond motifs is 1. The molecular formula is C14H19PS. The molecule has 0 spiro atoms. The summed E-state index contributed by atoms with van der Waals surface area (Å²) in [5.74, 6) is 0. The summed E-state index contributed by atoms with van der Waals surface area (Å²) in [6, 6.07) is 8.93. The van der Waals surface area contributed by atoms with Crippen LogP contribution < -0.4 is 5.30 Å². The van der Waals surface area contributed by atoms with Gasteiger partial charge in [0.2, 0.25) is 0 Å². The molecule has 16 heavy (non-hydrogen) atoms. The molecule has 2 heterocycles. The molecular weight excluding hydrogens is 231 g/mol. The van der Waals surface area contributed by atoms with Crippen molar-refractivity contribution < 1.29 is 0 Å². The van der Waals surface area contributed by atoms with Crippen LogP contribution in [0.3, 0.4) is 0 Å². The Labute approximate surface area is 102 Å². The third kappa shape index (κ3) is 1.45. The number of hydrogen-bond donors (Lipinski definition) is 0. The van der Waals surface area contributed by atoms with Gasteiger partial charge in [-0.15, -0.1) is 0 Å². The molecule has 1 aliphatic rings. The molecule has 1 fully saturated rings. The van der Waals surface area contributed by atoms with Crippen LogP contribution in [0.2, 0.25) is 0 Å². The van der Waals surface area contributed by atoms with E-state index in [2.05, 4.69) is 43.0 Å².